The highest BCUT2D eigenvalue weighted by Gasteiger charge is 2.37. The predicted octanol–water partition coefficient (Wildman–Crippen LogP) is 2.62. The van der Waals surface area contributed by atoms with E-state index in [1.165, 1.54) is 12.1 Å². The summed E-state index contributed by atoms with van der Waals surface area (Å²) in [6, 6.07) is 4.87. The van der Waals surface area contributed by atoms with Crippen molar-refractivity contribution in [1.82, 2.24) is 5.32 Å². The number of rotatable bonds is 4. The van der Waals surface area contributed by atoms with Crippen LogP contribution in [0.5, 0.6) is 0 Å². The van der Waals surface area contributed by atoms with E-state index in [1.807, 2.05) is 0 Å². The van der Waals surface area contributed by atoms with Gasteiger partial charge >= 0.3 is 6.18 Å². The molecule has 7 heteroatoms. The van der Waals surface area contributed by atoms with E-state index in [-0.39, 0.29) is 5.91 Å². The van der Waals surface area contributed by atoms with Crippen LogP contribution in [-0.4, -0.2) is 34.7 Å². The summed E-state index contributed by atoms with van der Waals surface area (Å²) < 4.78 is 37.3. The molecule has 0 aromatic heterocycles. The van der Waals surface area contributed by atoms with Crippen LogP contribution >= 0.6 is 11.8 Å². The number of halogens is 3. The fourth-order valence-corrected chi connectivity index (χ4v) is 3.45. The van der Waals surface area contributed by atoms with Gasteiger partial charge in [-0.3, -0.25) is 4.79 Å². The van der Waals surface area contributed by atoms with Gasteiger partial charge < -0.3 is 10.4 Å². The van der Waals surface area contributed by atoms with E-state index in [0.717, 1.165) is 23.6 Å². The quantitative estimate of drug-likeness (QED) is 0.890. The van der Waals surface area contributed by atoms with Crippen molar-refractivity contribution in [2.24, 2.45) is 0 Å². The first-order valence-electron chi connectivity index (χ1n) is 7.06. The number of aliphatic hydroxyl groups is 1. The van der Waals surface area contributed by atoms with Crippen LogP contribution in [0.4, 0.5) is 13.2 Å². The summed E-state index contributed by atoms with van der Waals surface area (Å²) in [6.45, 7) is 0.291. The molecule has 1 heterocycles. The molecule has 1 aliphatic rings. The molecule has 0 aliphatic carbocycles. The van der Waals surface area contributed by atoms with E-state index >= 15 is 0 Å². The Bertz CT molecular complexity index is 511. The molecule has 0 atom stereocenters. The van der Waals surface area contributed by atoms with Crippen LogP contribution in [-0.2, 0) is 17.4 Å². The summed E-state index contributed by atoms with van der Waals surface area (Å²) in [5.74, 6) is 1.12. The molecule has 1 fully saturated rings. The first kappa shape index (κ1) is 17.1. The summed E-state index contributed by atoms with van der Waals surface area (Å²) in [5.41, 5.74) is -1.28. The smallest absolute Gasteiger partial charge is 0.380 e. The Hall–Kier alpha value is -1.21. The molecule has 1 amide bonds. The Morgan fingerprint density at radius 3 is 2.36 bits per heavy atom. The van der Waals surface area contributed by atoms with Gasteiger partial charge in [-0.05, 0) is 48.5 Å². The molecule has 0 radical (unpaired) electrons. The van der Waals surface area contributed by atoms with Crippen molar-refractivity contribution in [2.45, 2.75) is 31.0 Å². The van der Waals surface area contributed by atoms with Gasteiger partial charge in [0.05, 0.1) is 5.56 Å². The lowest BCUT2D eigenvalue weighted by atomic mass is 9.95. The summed E-state index contributed by atoms with van der Waals surface area (Å²) in [4.78, 5) is 12.0. The number of amides is 1. The number of alkyl halides is 3. The highest BCUT2D eigenvalue weighted by Crippen LogP contribution is 2.29. The number of hydrogen-bond donors (Lipinski definition) is 2. The van der Waals surface area contributed by atoms with E-state index in [4.69, 9.17) is 0 Å². The van der Waals surface area contributed by atoms with Gasteiger partial charge in [0.1, 0.15) is 5.60 Å². The number of benzene rings is 1. The molecule has 3 nitrogen and oxygen atoms in total. The minimum atomic E-state index is -4.34. The lowest BCUT2D eigenvalue weighted by molar-refractivity contribution is -0.140. The minimum absolute atomic E-state index is 0.291. The maximum Gasteiger partial charge on any atom is 0.416 e. The average Bonchev–Trinajstić information content (AvgIpc) is 2.47. The number of hydrogen-bond acceptors (Lipinski definition) is 3. The third-order valence-corrected chi connectivity index (χ3v) is 4.71. The Morgan fingerprint density at radius 1 is 1.23 bits per heavy atom. The molecular formula is C15H18F3NO2S. The van der Waals surface area contributed by atoms with Gasteiger partial charge in [0, 0.05) is 6.54 Å². The number of carbonyl (C=O) groups is 1. The predicted molar refractivity (Wildman–Crippen MR) is 79.7 cm³/mol. The molecule has 0 saturated carbocycles. The Balaban J connectivity index is 1.82. The number of carbonyl (C=O) groups excluding carboxylic acids is 1. The van der Waals surface area contributed by atoms with Gasteiger partial charge in [-0.1, -0.05) is 12.1 Å². The Labute approximate surface area is 131 Å². The van der Waals surface area contributed by atoms with Crippen molar-refractivity contribution in [3.8, 4) is 0 Å². The first-order chi connectivity index (χ1) is 10.3. The lowest BCUT2D eigenvalue weighted by Gasteiger charge is -2.30. The van der Waals surface area contributed by atoms with Gasteiger partial charge in [0.25, 0.3) is 5.91 Å². The molecule has 0 spiro atoms. The topological polar surface area (TPSA) is 49.3 Å². The van der Waals surface area contributed by atoms with Gasteiger partial charge in [-0.25, -0.2) is 0 Å². The second-order valence-electron chi connectivity index (χ2n) is 5.34. The molecule has 1 aromatic rings. The SMILES string of the molecule is O=C(NCCc1ccc(C(F)(F)F)cc1)C1(O)CCSCC1. The molecule has 1 aromatic carbocycles. The normalized spacial score (nSPS) is 18.0. The van der Waals surface area contributed by atoms with E-state index in [0.29, 0.717) is 31.4 Å². The lowest BCUT2D eigenvalue weighted by Crippen LogP contribution is -2.49. The third kappa shape index (κ3) is 4.39. The van der Waals surface area contributed by atoms with Crippen LogP contribution in [0.25, 0.3) is 0 Å². The Morgan fingerprint density at radius 2 is 1.82 bits per heavy atom. The fourth-order valence-electron chi connectivity index (χ4n) is 2.28. The molecule has 1 aliphatic heterocycles. The molecule has 0 bridgehead atoms. The van der Waals surface area contributed by atoms with Crippen molar-refractivity contribution in [3.05, 3.63) is 35.4 Å². The van der Waals surface area contributed by atoms with Gasteiger partial charge in [-0.15, -0.1) is 0 Å². The van der Waals surface area contributed by atoms with E-state index in [1.54, 1.807) is 11.8 Å². The van der Waals surface area contributed by atoms with Crippen molar-refractivity contribution in [2.75, 3.05) is 18.1 Å². The molecule has 0 unspecified atom stereocenters. The van der Waals surface area contributed by atoms with Crippen molar-refractivity contribution >= 4 is 17.7 Å². The van der Waals surface area contributed by atoms with E-state index < -0.39 is 17.3 Å². The zero-order valence-corrected chi connectivity index (χ0v) is 12.8. The van der Waals surface area contributed by atoms with E-state index in [2.05, 4.69) is 5.32 Å². The van der Waals surface area contributed by atoms with Gasteiger partial charge in [0.2, 0.25) is 0 Å². The first-order valence-corrected chi connectivity index (χ1v) is 8.21. The van der Waals surface area contributed by atoms with Crippen LogP contribution in [0.1, 0.15) is 24.0 Å². The molecule has 122 valence electrons. The average molecular weight is 333 g/mol. The van der Waals surface area contributed by atoms with Crippen molar-refractivity contribution in [1.29, 1.82) is 0 Å². The van der Waals surface area contributed by atoms with Crippen LogP contribution in [0.3, 0.4) is 0 Å². The van der Waals surface area contributed by atoms with Gasteiger partial charge in [0.15, 0.2) is 0 Å². The summed E-state index contributed by atoms with van der Waals surface area (Å²) in [6.07, 6.45) is -3.04. The van der Waals surface area contributed by atoms with Crippen molar-refractivity contribution < 1.29 is 23.1 Å². The van der Waals surface area contributed by atoms with Crippen LogP contribution in [0.2, 0.25) is 0 Å². The van der Waals surface area contributed by atoms with Crippen molar-refractivity contribution in [3.63, 3.8) is 0 Å². The fraction of sp³-hybridized carbons (Fsp3) is 0.533. The van der Waals surface area contributed by atoms with Gasteiger partial charge in [-0.2, -0.15) is 24.9 Å². The highest BCUT2D eigenvalue weighted by atomic mass is 32.2. The van der Waals surface area contributed by atoms with Crippen LogP contribution < -0.4 is 5.32 Å². The maximum atomic E-state index is 12.4. The van der Waals surface area contributed by atoms with Crippen LogP contribution in [0, 0.1) is 0 Å². The second-order valence-corrected chi connectivity index (χ2v) is 6.57. The summed E-state index contributed by atoms with van der Waals surface area (Å²) in [7, 11) is 0. The molecule has 2 rings (SSSR count). The molecular weight excluding hydrogens is 315 g/mol. The zero-order valence-electron chi connectivity index (χ0n) is 11.9. The number of thioether (sulfide) groups is 1. The third-order valence-electron chi connectivity index (χ3n) is 3.72. The number of nitrogens with one attached hydrogen (secondary N) is 1. The zero-order chi connectivity index (χ0) is 16.2. The highest BCUT2D eigenvalue weighted by molar-refractivity contribution is 7.99. The monoisotopic (exact) mass is 333 g/mol. The van der Waals surface area contributed by atoms with E-state index in [9.17, 15) is 23.1 Å². The molecule has 1 saturated heterocycles. The summed E-state index contributed by atoms with van der Waals surface area (Å²) >= 11 is 1.71. The minimum Gasteiger partial charge on any atom is -0.380 e. The molecule has 2 N–H and O–H groups in total. The van der Waals surface area contributed by atoms with Crippen LogP contribution in [0.15, 0.2) is 24.3 Å². The standard InChI is InChI=1S/C15H18F3NO2S/c16-15(17,18)12-3-1-11(2-4-12)5-8-19-13(20)14(21)6-9-22-10-7-14/h1-4,21H,5-10H2,(H,19,20). The molecule has 22 heavy (non-hydrogen) atoms. The Kier molecular flexibility index (Phi) is 5.39. The second kappa shape index (κ2) is 6.91. The maximum absolute atomic E-state index is 12.4. The largest absolute Gasteiger partial charge is 0.416 e. The summed E-state index contributed by atoms with van der Waals surface area (Å²) in [5, 5.41) is 12.9.